The van der Waals surface area contributed by atoms with E-state index in [9.17, 15) is 4.79 Å². The lowest BCUT2D eigenvalue weighted by Gasteiger charge is -2.80. The molecule has 2 aliphatic carbocycles. The maximum atomic E-state index is 15.0. The summed E-state index contributed by atoms with van der Waals surface area (Å²) in [6, 6.07) is 21.8. The molecule has 0 amide bonds. The number of carbonyl (C=O) groups excluding carboxylic acids is 1. The van der Waals surface area contributed by atoms with Crippen LogP contribution >= 0.6 is 11.8 Å². The zero-order valence-electron chi connectivity index (χ0n) is 26.1. The molecule has 2 aromatic carbocycles. The van der Waals surface area contributed by atoms with Crippen LogP contribution < -0.4 is 0 Å². The molecule has 6 heteroatoms. The van der Waals surface area contributed by atoms with E-state index in [1.54, 1.807) is 0 Å². The van der Waals surface area contributed by atoms with Gasteiger partial charge in [-0.05, 0) is 48.0 Å². The van der Waals surface area contributed by atoms with Gasteiger partial charge >= 0.3 is 5.97 Å². The summed E-state index contributed by atoms with van der Waals surface area (Å²) in [6.07, 6.45) is 10.4. The van der Waals surface area contributed by atoms with Crippen LogP contribution in [0.5, 0.6) is 0 Å². The minimum absolute atomic E-state index is 0.00462. The molecule has 5 fully saturated rings. The lowest BCUT2D eigenvalue weighted by molar-refractivity contribution is -1.05. The number of thioether (sulfide) groups is 1. The van der Waals surface area contributed by atoms with Gasteiger partial charge in [0, 0.05) is 38.9 Å². The van der Waals surface area contributed by atoms with Gasteiger partial charge in [0.15, 0.2) is 0 Å². The number of carbonyl (C=O) groups is 1. The van der Waals surface area contributed by atoms with Crippen LogP contribution in [-0.4, -0.2) is 66.1 Å². The van der Waals surface area contributed by atoms with Crippen LogP contribution in [0.25, 0.3) is 0 Å². The number of benzene rings is 2. The first-order valence-corrected chi connectivity index (χ1v) is 18.2. The summed E-state index contributed by atoms with van der Waals surface area (Å²) in [4.78, 5) is 15.0. The van der Waals surface area contributed by atoms with Gasteiger partial charge < -0.3 is 18.7 Å². The van der Waals surface area contributed by atoms with Gasteiger partial charge in [-0.25, -0.2) is 4.79 Å². The Labute approximate surface area is 262 Å². The predicted octanol–water partition coefficient (Wildman–Crippen LogP) is 7.33. The van der Waals surface area contributed by atoms with Gasteiger partial charge in [-0.15, -0.1) is 11.8 Å². The van der Waals surface area contributed by atoms with Crippen molar-refractivity contribution in [3.8, 4) is 0 Å². The largest absolute Gasteiger partial charge is 0.458 e. The highest BCUT2D eigenvalue weighted by atomic mass is 32.2. The Hall–Kier alpha value is -1.86. The molecule has 0 aromatic heterocycles. The molecule has 5 aliphatic rings. The van der Waals surface area contributed by atoms with Crippen LogP contribution in [0.15, 0.2) is 60.7 Å². The molecule has 5 unspecified atom stereocenters. The van der Waals surface area contributed by atoms with Gasteiger partial charge in [-0.2, -0.15) is 0 Å². The van der Waals surface area contributed by atoms with E-state index in [0.29, 0.717) is 23.9 Å². The van der Waals surface area contributed by atoms with Crippen molar-refractivity contribution in [3.63, 3.8) is 0 Å². The third-order valence-corrected chi connectivity index (χ3v) is 13.7. The van der Waals surface area contributed by atoms with Gasteiger partial charge in [0.2, 0.25) is 5.60 Å². The van der Waals surface area contributed by atoms with E-state index >= 15 is 0 Å². The molecule has 0 N–H and O–H groups in total. The molecule has 2 saturated carbocycles. The second-order valence-electron chi connectivity index (χ2n) is 13.9. The van der Waals surface area contributed by atoms with Crippen LogP contribution in [0.4, 0.5) is 0 Å². The van der Waals surface area contributed by atoms with Crippen LogP contribution in [0.2, 0.25) is 0 Å². The normalized spacial score (nSPS) is 30.1. The first-order valence-electron chi connectivity index (χ1n) is 17.1. The van der Waals surface area contributed by atoms with E-state index in [4.69, 9.17) is 14.2 Å². The molecule has 3 aliphatic heterocycles. The van der Waals surface area contributed by atoms with Crippen molar-refractivity contribution in [3.05, 3.63) is 71.8 Å². The summed E-state index contributed by atoms with van der Waals surface area (Å²) in [5, 5.41) is 0. The Morgan fingerprint density at radius 1 is 0.953 bits per heavy atom. The van der Waals surface area contributed by atoms with E-state index in [0.717, 1.165) is 62.2 Å². The number of fused-ring (bicyclic) bond motifs is 2. The summed E-state index contributed by atoms with van der Waals surface area (Å²) >= 11 is 1.91. The van der Waals surface area contributed by atoms with Crippen molar-refractivity contribution < 1.29 is 23.5 Å². The number of ether oxygens (including phenoxy) is 3. The summed E-state index contributed by atoms with van der Waals surface area (Å²) in [7, 11) is 0. The Morgan fingerprint density at radius 2 is 1.58 bits per heavy atom. The van der Waals surface area contributed by atoms with E-state index in [1.807, 2.05) is 48.2 Å². The number of esters is 1. The summed E-state index contributed by atoms with van der Waals surface area (Å²) in [5.74, 6) is 1.75. The molecular weight excluding hydrogens is 554 g/mol. The fraction of sp³-hybridized carbons (Fsp3) is 0.649. The monoisotopic (exact) mass is 604 g/mol. The summed E-state index contributed by atoms with van der Waals surface area (Å²) in [5.41, 5.74) is 0.499. The molecule has 5 nitrogen and oxygen atoms in total. The number of nitrogens with zero attached hydrogens (tertiary/aromatic N) is 1. The van der Waals surface area contributed by atoms with Gasteiger partial charge in [0.05, 0.1) is 13.1 Å². The average molecular weight is 605 g/mol. The molecule has 7 rings (SSSR count). The smallest absolute Gasteiger partial charge is 0.348 e. The van der Waals surface area contributed by atoms with Gasteiger partial charge in [0.25, 0.3) is 0 Å². The molecule has 0 bridgehead atoms. The summed E-state index contributed by atoms with van der Waals surface area (Å²) in [6.45, 7) is 8.86. The maximum Gasteiger partial charge on any atom is 0.348 e. The SMILES string of the molecule is CCC(CC)C(OC(C(=O)OC1CC2C13CCC3[N+]21CCCC1)(c1ccccc1)c1ccccc1)SCC1CCOCC1. The van der Waals surface area contributed by atoms with Crippen molar-refractivity contribution in [2.45, 2.75) is 101 Å². The predicted molar refractivity (Wildman–Crippen MR) is 172 cm³/mol. The topological polar surface area (TPSA) is 44.8 Å². The second kappa shape index (κ2) is 12.2. The Bertz CT molecular complexity index is 1190. The van der Waals surface area contributed by atoms with E-state index in [2.05, 4.69) is 38.1 Å². The Balaban J connectivity index is 1.22. The van der Waals surface area contributed by atoms with E-state index in [1.165, 1.54) is 43.3 Å². The molecule has 232 valence electrons. The molecule has 2 spiro atoms. The van der Waals surface area contributed by atoms with E-state index in [-0.39, 0.29) is 22.9 Å². The number of piperidine rings is 2. The van der Waals surface area contributed by atoms with Crippen LogP contribution in [0.1, 0.15) is 82.8 Å². The van der Waals surface area contributed by atoms with Crippen molar-refractivity contribution in [1.82, 2.24) is 0 Å². The fourth-order valence-electron chi connectivity index (χ4n) is 9.73. The highest BCUT2D eigenvalue weighted by molar-refractivity contribution is 7.99. The van der Waals surface area contributed by atoms with Crippen molar-refractivity contribution in [2.75, 3.05) is 32.1 Å². The zero-order chi connectivity index (χ0) is 29.5. The fourth-order valence-corrected chi connectivity index (χ4v) is 11.4. The third-order valence-electron chi connectivity index (χ3n) is 12.2. The number of rotatable bonds is 12. The second-order valence-corrected chi connectivity index (χ2v) is 15.1. The zero-order valence-corrected chi connectivity index (χ0v) is 26.9. The minimum Gasteiger partial charge on any atom is -0.458 e. The Morgan fingerprint density at radius 3 is 2.12 bits per heavy atom. The standard InChI is InChI=1S/C37H50NO4S/c1-3-28(4-2)34(43-26-27-18-23-40-24-19-27)42-37(29-13-7-5-8-14-29,30-15-9-6-10-16-30)35(39)41-33-25-32-36(33)20-17-31(36)38(32)21-11-12-22-38/h5-10,13-16,27-28,31-34H,3-4,11-12,17-26H2,1-2H3/q+1. The highest BCUT2D eigenvalue weighted by Gasteiger charge is 2.86. The maximum absolute atomic E-state index is 15.0. The van der Waals surface area contributed by atoms with Gasteiger partial charge in [-0.3, -0.25) is 0 Å². The van der Waals surface area contributed by atoms with Crippen LogP contribution in [0.3, 0.4) is 0 Å². The number of hydrogen-bond donors (Lipinski definition) is 0. The number of quaternary nitrogens is 1. The summed E-state index contributed by atoms with van der Waals surface area (Å²) < 4.78 is 21.1. The molecule has 5 atom stereocenters. The van der Waals surface area contributed by atoms with Crippen LogP contribution in [-0.2, 0) is 24.6 Å². The van der Waals surface area contributed by atoms with Crippen LogP contribution in [0, 0.1) is 17.3 Å². The van der Waals surface area contributed by atoms with Crippen molar-refractivity contribution in [1.29, 1.82) is 0 Å². The lowest BCUT2D eigenvalue weighted by Crippen LogP contribution is -2.94. The molecular formula is C37H50NO4S+. The molecule has 0 radical (unpaired) electrons. The first kappa shape index (κ1) is 29.8. The molecule has 3 heterocycles. The third kappa shape index (κ3) is 4.73. The number of hydrogen-bond acceptors (Lipinski definition) is 5. The lowest BCUT2D eigenvalue weighted by atomic mass is 9.39. The highest BCUT2D eigenvalue weighted by Crippen LogP contribution is 2.73. The van der Waals surface area contributed by atoms with Crippen molar-refractivity contribution >= 4 is 17.7 Å². The average Bonchev–Trinajstić information content (AvgIpc) is 3.51. The minimum atomic E-state index is -1.32. The van der Waals surface area contributed by atoms with Crippen molar-refractivity contribution in [2.24, 2.45) is 17.3 Å². The molecule has 43 heavy (non-hydrogen) atoms. The Kier molecular flexibility index (Phi) is 8.43. The molecule has 3 saturated heterocycles. The first-order chi connectivity index (χ1) is 21.1. The quantitative estimate of drug-likeness (QED) is 0.144. The van der Waals surface area contributed by atoms with E-state index < -0.39 is 5.60 Å². The molecule has 2 aromatic rings. The van der Waals surface area contributed by atoms with Gasteiger partial charge in [-0.1, -0.05) is 87.4 Å². The van der Waals surface area contributed by atoms with Gasteiger partial charge in [0.1, 0.15) is 29.0 Å².